The smallest absolute Gasteiger partial charge is 0.419 e. The van der Waals surface area contributed by atoms with Crippen LogP contribution in [0.3, 0.4) is 0 Å². The van der Waals surface area contributed by atoms with Crippen molar-refractivity contribution >= 4 is 69.0 Å². The summed E-state index contributed by atoms with van der Waals surface area (Å²) in [4.78, 5) is 71.0. The average molecular weight is 1220 g/mol. The minimum Gasteiger partial charge on any atom is -0.462 e. The Labute approximate surface area is 507 Å². The number of likely N-dealkylation sites (tertiary alicyclic amines) is 2. The maximum atomic E-state index is 14.0. The van der Waals surface area contributed by atoms with Gasteiger partial charge in [0, 0.05) is 98.6 Å². The van der Waals surface area contributed by atoms with Gasteiger partial charge in [-0.1, -0.05) is 66.9 Å². The number of fused-ring (bicyclic) bond motifs is 3. The van der Waals surface area contributed by atoms with Gasteiger partial charge < -0.3 is 53.6 Å². The quantitative estimate of drug-likeness (QED) is 0.0343. The molecule has 0 unspecified atom stereocenters. The van der Waals surface area contributed by atoms with E-state index in [1.54, 1.807) is 16.7 Å². The van der Waals surface area contributed by atoms with E-state index < -0.39 is 52.3 Å². The summed E-state index contributed by atoms with van der Waals surface area (Å²) in [6, 6.07) is 12.7. The van der Waals surface area contributed by atoms with Gasteiger partial charge in [0.1, 0.15) is 35.9 Å². The van der Waals surface area contributed by atoms with Gasteiger partial charge in [-0.25, -0.2) is 31.9 Å². The van der Waals surface area contributed by atoms with Gasteiger partial charge in [0.05, 0.1) is 41.4 Å². The molecule has 9 heterocycles. The minimum absolute atomic E-state index is 0.0290. The summed E-state index contributed by atoms with van der Waals surface area (Å²) in [6.45, 7) is 29.5. The molecule has 0 bridgehead atoms. The first kappa shape index (κ1) is 61.7. The van der Waals surface area contributed by atoms with Gasteiger partial charge in [-0.15, -0.1) is 0 Å². The molecule has 0 aliphatic carbocycles. The lowest BCUT2D eigenvalue weighted by Gasteiger charge is -2.41. The second-order valence-corrected chi connectivity index (χ2v) is 24.1. The summed E-state index contributed by atoms with van der Waals surface area (Å²) in [5, 5.41) is 2.79. The van der Waals surface area contributed by atoms with Crippen LogP contribution in [0.4, 0.5) is 45.0 Å². The van der Waals surface area contributed by atoms with Crippen LogP contribution in [0.25, 0.3) is 20.5 Å². The van der Waals surface area contributed by atoms with Crippen molar-refractivity contribution < 1.29 is 36.3 Å². The van der Waals surface area contributed by atoms with E-state index in [4.69, 9.17) is 44.4 Å². The molecule has 6 aliphatic rings. The topological polar surface area (TPSA) is 142 Å². The van der Waals surface area contributed by atoms with Crippen LogP contribution in [-0.4, -0.2) is 185 Å². The molecule has 4 atom stereocenters. The number of aryl methyl sites for hydroxylation is 1. The van der Waals surface area contributed by atoms with Crippen LogP contribution in [0.2, 0.25) is 5.02 Å². The van der Waals surface area contributed by atoms with Gasteiger partial charge in [0.15, 0.2) is 16.8 Å². The van der Waals surface area contributed by atoms with Gasteiger partial charge in [0.25, 0.3) is 11.8 Å². The average Bonchev–Trinajstić information content (AvgIpc) is 3.48. The Hall–Kier alpha value is -7.38. The van der Waals surface area contributed by atoms with E-state index in [1.807, 2.05) is 11.9 Å². The number of hydrogen-bond donors (Lipinski definition) is 0. The zero-order valence-corrected chi connectivity index (χ0v) is 50.1. The molecular weight excluding hydrogens is 1150 g/mol. The number of likely N-dealkylation sites (N-methyl/N-ethyl adjacent to an activating group) is 1. The fourth-order valence-corrected chi connectivity index (χ4v) is 14.1. The Balaban J connectivity index is 0.000000191. The van der Waals surface area contributed by atoms with E-state index in [0.717, 1.165) is 84.8 Å². The number of pyridine rings is 1. The Morgan fingerprint density at radius 3 is 1.83 bits per heavy atom. The summed E-state index contributed by atoms with van der Waals surface area (Å²) in [5.41, 5.74) is 4.77. The van der Waals surface area contributed by atoms with Gasteiger partial charge in [-0.2, -0.15) is 23.1 Å². The summed E-state index contributed by atoms with van der Waals surface area (Å²) >= 11 is 7.66. The molecule has 11 rings (SSSR count). The molecule has 0 saturated carbocycles. The van der Waals surface area contributed by atoms with E-state index in [-0.39, 0.29) is 57.0 Å². The van der Waals surface area contributed by atoms with Crippen molar-refractivity contribution in [1.82, 2.24) is 44.5 Å². The number of hydrogen-bond acceptors (Lipinski definition) is 15. The largest absolute Gasteiger partial charge is 0.462 e. The monoisotopic (exact) mass is 1220 g/mol. The van der Waals surface area contributed by atoms with E-state index in [0.29, 0.717) is 63.3 Å². The normalized spacial score (nSPS) is 20.9. The standard InChI is InChI=1S/C33H38FN7OS.C28H31ClF4N8O2/c1-22-8-5-9-24-10-6-12-29(30(22)24)39-15-13-27-28(20-39)36-33(43-21-25-11-7-14-38(25)4)37-31(27)40-16-17-41(32(42)23(2)34)26(19-40)18-35-3;1-17(30)26(42)41-10-9-40(14-19(41)11-34-2)25-20-6-8-39(23-13-35-12-21(29)24(23)28(31,32)33)15-22(20)36-27(37-25)43-16-18-5-4-7-38(18)3/h5-6,8-10,12,25-26H,2,7,11,13-21H2,1,4H3;12-13,18-19H,1,4-11,14-16H2,3H3/t25-,26-;18-,19-/m00/s1. The number of halogens is 6. The Morgan fingerprint density at radius 1 is 0.709 bits per heavy atom. The van der Waals surface area contributed by atoms with Crippen LogP contribution in [0.15, 0.2) is 78.8 Å². The second-order valence-electron chi connectivity index (χ2n) is 22.7. The van der Waals surface area contributed by atoms with Crippen LogP contribution in [0, 0.1) is 20.1 Å². The molecule has 0 N–H and O–H groups in total. The van der Waals surface area contributed by atoms with E-state index in [1.165, 1.54) is 44.7 Å². The molecular formula is C61H69ClF5N15O3S. The van der Waals surface area contributed by atoms with Gasteiger partial charge in [-0.05, 0) is 89.6 Å². The molecule has 0 radical (unpaired) electrons. The van der Waals surface area contributed by atoms with Crippen LogP contribution >= 0.6 is 23.4 Å². The first-order valence-corrected chi connectivity index (χ1v) is 30.3. The number of carbonyl (C=O) groups excluding carboxylic acids is 2. The summed E-state index contributed by atoms with van der Waals surface area (Å²) < 4.78 is 75.5. The first-order valence-electron chi connectivity index (χ1n) is 28.9. The molecule has 5 aromatic rings. The fraction of sp³-hybridized carbons (Fsp3) is 0.492. The van der Waals surface area contributed by atoms with Gasteiger partial charge >= 0.3 is 12.2 Å². The van der Waals surface area contributed by atoms with Crippen LogP contribution in [0.5, 0.6) is 6.01 Å². The number of rotatable bonds is 14. The molecule has 3 aromatic heterocycles. The van der Waals surface area contributed by atoms with Crippen molar-refractivity contribution in [3.63, 3.8) is 0 Å². The van der Waals surface area contributed by atoms with Crippen LogP contribution < -0.4 is 24.3 Å². The maximum absolute atomic E-state index is 14.0. The predicted octanol–water partition coefficient (Wildman–Crippen LogP) is 9.11. The number of alkyl halides is 3. The molecule has 4 fully saturated rings. The lowest BCUT2D eigenvalue weighted by molar-refractivity contribution is -0.137. The van der Waals surface area contributed by atoms with Gasteiger partial charge in [0.2, 0.25) is 13.1 Å². The highest BCUT2D eigenvalue weighted by molar-refractivity contribution is 7.99. The minimum atomic E-state index is -4.69. The van der Waals surface area contributed by atoms with Crippen LogP contribution in [0.1, 0.15) is 59.3 Å². The predicted molar refractivity (Wildman–Crippen MR) is 323 cm³/mol. The second kappa shape index (κ2) is 26.7. The van der Waals surface area contributed by atoms with E-state index in [9.17, 15) is 31.5 Å². The Kier molecular flexibility index (Phi) is 19.2. The SMILES string of the molecule is [C-]#[N+]C[C@H]1CN(c2nc(OC[C@@H]3CCCN3C)nc3c2CCN(c2cncc(Cl)c2C(F)(F)F)C3)CCN1C(=O)C(=C)F.[C-]#[N+]C[C@H]1CN(c2nc(SC[C@@H]3CCCN3C)nc3c2CCN(c2cccc4cccc(C)c24)C3)CCN1C(=O)C(=C)F. The summed E-state index contributed by atoms with van der Waals surface area (Å²) in [5.74, 6) is -1.30. The molecule has 2 amide bonds. The first-order chi connectivity index (χ1) is 41.3. The zero-order chi connectivity index (χ0) is 61.0. The molecule has 86 heavy (non-hydrogen) atoms. The summed E-state index contributed by atoms with van der Waals surface area (Å²) in [7, 11) is 4.20. The third-order valence-electron chi connectivity index (χ3n) is 17.3. The van der Waals surface area contributed by atoms with Gasteiger partial charge in [-0.3, -0.25) is 14.6 Å². The molecule has 2 aromatic carbocycles. The van der Waals surface area contributed by atoms with E-state index in [2.05, 4.69) is 103 Å². The number of amides is 2. The molecule has 454 valence electrons. The third-order valence-corrected chi connectivity index (χ3v) is 18.6. The molecule has 4 saturated heterocycles. The molecule has 25 heteroatoms. The number of piperazine rings is 2. The van der Waals surface area contributed by atoms with Crippen molar-refractivity contribution in [1.29, 1.82) is 0 Å². The van der Waals surface area contributed by atoms with Crippen molar-refractivity contribution in [2.75, 3.05) is 125 Å². The van der Waals surface area contributed by atoms with Crippen molar-refractivity contribution in [3.8, 4) is 6.01 Å². The number of nitrogens with zero attached hydrogens (tertiary/aromatic N) is 15. The van der Waals surface area contributed by atoms with Crippen molar-refractivity contribution in [2.24, 2.45) is 0 Å². The number of carbonyl (C=O) groups is 2. The Morgan fingerprint density at radius 2 is 1.27 bits per heavy atom. The molecule has 6 aliphatic heterocycles. The summed E-state index contributed by atoms with van der Waals surface area (Å²) in [6.07, 6.45) is 2.94. The maximum Gasteiger partial charge on any atom is 0.419 e. The van der Waals surface area contributed by atoms with Crippen LogP contribution in [-0.2, 0) is 41.7 Å². The van der Waals surface area contributed by atoms with E-state index >= 15 is 0 Å². The number of thioether (sulfide) groups is 1. The molecule has 18 nitrogen and oxygen atoms in total. The highest BCUT2D eigenvalue weighted by atomic mass is 35.5. The molecule has 0 spiro atoms. The number of aromatic nitrogens is 5. The lowest BCUT2D eigenvalue weighted by atomic mass is 9.99. The fourth-order valence-electron chi connectivity index (χ4n) is 12.7. The zero-order valence-electron chi connectivity index (χ0n) is 48.5. The highest BCUT2D eigenvalue weighted by Crippen LogP contribution is 2.43. The lowest BCUT2D eigenvalue weighted by Crippen LogP contribution is -2.57. The van der Waals surface area contributed by atoms with Crippen molar-refractivity contribution in [3.05, 3.63) is 135 Å². The number of ether oxygens (including phenoxy) is 1. The highest BCUT2D eigenvalue weighted by Gasteiger charge is 2.41. The van der Waals surface area contributed by atoms with Crippen molar-refractivity contribution in [2.45, 2.75) is 94.0 Å². The third kappa shape index (κ3) is 13.4. The Bertz CT molecular complexity index is 3470. The number of anilines is 4. The number of benzene rings is 2.